The molecule has 28 heavy (non-hydrogen) atoms. The van der Waals surface area contributed by atoms with Gasteiger partial charge in [0, 0.05) is 12.1 Å². The average Bonchev–Trinajstić information content (AvgIpc) is 2.67. The maximum atomic E-state index is 13.7. The zero-order valence-electron chi connectivity index (χ0n) is 16.0. The fraction of sp³-hybridized carbons (Fsp3) is 0.286. The Morgan fingerprint density at radius 2 is 1.64 bits per heavy atom. The summed E-state index contributed by atoms with van der Waals surface area (Å²) < 4.78 is 18.7. The molecule has 0 saturated heterocycles. The number of carbonyl (C=O) groups excluding carboxylic acids is 3. The molecule has 0 spiro atoms. The first-order chi connectivity index (χ1) is 13.3. The number of carbonyl (C=O) groups is 3. The van der Waals surface area contributed by atoms with Crippen LogP contribution in [0.5, 0.6) is 0 Å². The molecule has 2 aromatic carbocycles. The number of amides is 2. The molecule has 6 nitrogen and oxygen atoms in total. The first kappa shape index (κ1) is 21.1. The van der Waals surface area contributed by atoms with Gasteiger partial charge in [0.15, 0.2) is 0 Å². The van der Waals surface area contributed by atoms with Gasteiger partial charge in [0.05, 0.1) is 17.9 Å². The molecule has 0 fully saturated rings. The minimum absolute atomic E-state index is 0.0401. The van der Waals surface area contributed by atoms with Crippen molar-refractivity contribution in [2.24, 2.45) is 5.41 Å². The lowest BCUT2D eigenvalue weighted by Gasteiger charge is -2.23. The van der Waals surface area contributed by atoms with Gasteiger partial charge in [0.1, 0.15) is 11.2 Å². The summed E-state index contributed by atoms with van der Waals surface area (Å²) in [6.07, 6.45) is 0. The van der Waals surface area contributed by atoms with Crippen molar-refractivity contribution in [3.05, 3.63) is 65.5 Å². The highest BCUT2D eigenvalue weighted by molar-refractivity contribution is 6.11. The molecule has 0 saturated carbocycles. The van der Waals surface area contributed by atoms with E-state index >= 15 is 0 Å². The molecule has 0 aliphatic rings. The van der Waals surface area contributed by atoms with Crippen LogP contribution >= 0.6 is 0 Å². The maximum Gasteiger partial charge on any atom is 0.340 e. The third-order valence-corrected chi connectivity index (χ3v) is 4.20. The van der Waals surface area contributed by atoms with Crippen molar-refractivity contribution in [3.8, 4) is 0 Å². The summed E-state index contributed by atoms with van der Waals surface area (Å²) in [6.45, 7) is 4.74. The minimum atomic E-state index is -1.45. The van der Waals surface area contributed by atoms with Crippen LogP contribution in [0.4, 0.5) is 10.1 Å². The number of hydrogen-bond donors (Lipinski definition) is 2. The van der Waals surface area contributed by atoms with Crippen molar-refractivity contribution in [3.63, 3.8) is 0 Å². The van der Waals surface area contributed by atoms with E-state index in [0.717, 1.165) is 0 Å². The first-order valence-corrected chi connectivity index (χ1v) is 8.86. The van der Waals surface area contributed by atoms with Crippen LogP contribution in [0.2, 0.25) is 0 Å². The second-order valence-corrected chi connectivity index (χ2v) is 6.62. The van der Waals surface area contributed by atoms with Crippen molar-refractivity contribution in [1.82, 2.24) is 5.32 Å². The van der Waals surface area contributed by atoms with Crippen LogP contribution in [-0.4, -0.2) is 24.4 Å². The molecule has 0 bridgehead atoms. The highest BCUT2D eigenvalue weighted by atomic mass is 19.1. The van der Waals surface area contributed by atoms with E-state index in [1.807, 2.05) is 0 Å². The predicted octanol–water partition coefficient (Wildman–Crippen LogP) is 3.28. The Morgan fingerprint density at radius 1 is 1.00 bits per heavy atom. The zero-order valence-corrected chi connectivity index (χ0v) is 16.0. The van der Waals surface area contributed by atoms with E-state index in [4.69, 9.17) is 4.74 Å². The molecule has 2 rings (SSSR count). The van der Waals surface area contributed by atoms with Gasteiger partial charge in [-0.15, -0.1) is 0 Å². The second-order valence-electron chi connectivity index (χ2n) is 6.62. The van der Waals surface area contributed by atoms with Gasteiger partial charge in [-0.3, -0.25) is 9.59 Å². The van der Waals surface area contributed by atoms with Crippen LogP contribution in [0.15, 0.2) is 48.5 Å². The number of para-hydroxylation sites is 1. The van der Waals surface area contributed by atoms with E-state index < -0.39 is 29.0 Å². The standard InChI is InChI=1S/C21H23FN2O4/c1-4-28-18(25)15-10-6-8-12-17(15)24-20(27)21(2,3)19(26)23-13-14-9-5-7-11-16(14)22/h5-12H,4,13H2,1-3H3,(H,23,26)(H,24,27). The first-order valence-electron chi connectivity index (χ1n) is 8.86. The van der Waals surface area contributed by atoms with Crippen molar-refractivity contribution in [1.29, 1.82) is 0 Å². The van der Waals surface area contributed by atoms with Crippen LogP contribution in [0, 0.1) is 11.2 Å². The summed E-state index contributed by atoms with van der Waals surface area (Å²) in [5, 5.41) is 5.18. The number of anilines is 1. The molecule has 0 aliphatic heterocycles. The number of halogens is 1. The molecular formula is C21H23FN2O4. The van der Waals surface area contributed by atoms with Gasteiger partial charge in [0.25, 0.3) is 0 Å². The third kappa shape index (κ3) is 4.94. The van der Waals surface area contributed by atoms with Gasteiger partial charge in [-0.05, 0) is 39.0 Å². The number of rotatable bonds is 7. The van der Waals surface area contributed by atoms with Gasteiger partial charge in [0.2, 0.25) is 11.8 Å². The van der Waals surface area contributed by atoms with Crippen molar-refractivity contribution in [2.45, 2.75) is 27.3 Å². The molecule has 7 heteroatoms. The number of hydrogen-bond acceptors (Lipinski definition) is 4. The SMILES string of the molecule is CCOC(=O)c1ccccc1NC(=O)C(C)(C)C(=O)NCc1ccccc1F. The summed E-state index contributed by atoms with van der Waals surface area (Å²) in [5.41, 5.74) is -0.687. The Kier molecular flexibility index (Phi) is 6.87. The molecule has 0 atom stereocenters. The normalized spacial score (nSPS) is 10.9. The number of esters is 1. The second kappa shape index (κ2) is 9.12. The van der Waals surface area contributed by atoms with Crippen LogP contribution < -0.4 is 10.6 Å². The fourth-order valence-electron chi connectivity index (χ4n) is 2.40. The molecular weight excluding hydrogens is 363 g/mol. The van der Waals surface area contributed by atoms with Crippen molar-refractivity contribution < 1.29 is 23.5 Å². The van der Waals surface area contributed by atoms with Gasteiger partial charge in [-0.25, -0.2) is 9.18 Å². The molecule has 2 N–H and O–H groups in total. The summed E-state index contributed by atoms with van der Waals surface area (Å²) >= 11 is 0. The maximum absolute atomic E-state index is 13.7. The van der Waals surface area contributed by atoms with Gasteiger partial charge >= 0.3 is 5.97 Å². The fourth-order valence-corrected chi connectivity index (χ4v) is 2.40. The van der Waals surface area contributed by atoms with Crippen LogP contribution in [0.1, 0.15) is 36.7 Å². The Balaban J connectivity index is 2.09. The lowest BCUT2D eigenvalue weighted by Crippen LogP contribution is -2.45. The third-order valence-electron chi connectivity index (χ3n) is 4.20. The monoisotopic (exact) mass is 386 g/mol. The highest BCUT2D eigenvalue weighted by Crippen LogP contribution is 2.22. The predicted molar refractivity (Wildman–Crippen MR) is 103 cm³/mol. The lowest BCUT2D eigenvalue weighted by atomic mass is 9.90. The largest absolute Gasteiger partial charge is 0.462 e. The van der Waals surface area contributed by atoms with Gasteiger partial charge < -0.3 is 15.4 Å². The van der Waals surface area contributed by atoms with E-state index in [0.29, 0.717) is 5.56 Å². The minimum Gasteiger partial charge on any atom is -0.462 e. The summed E-state index contributed by atoms with van der Waals surface area (Å²) in [7, 11) is 0. The molecule has 0 heterocycles. The van der Waals surface area contributed by atoms with E-state index in [1.54, 1.807) is 43.3 Å². The summed E-state index contributed by atoms with van der Waals surface area (Å²) in [6, 6.07) is 12.5. The topological polar surface area (TPSA) is 84.5 Å². The summed E-state index contributed by atoms with van der Waals surface area (Å²) in [5.74, 6) is -2.18. The van der Waals surface area contributed by atoms with Crippen LogP contribution in [-0.2, 0) is 20.9 Å². The Hall–Kier alpha value is -3.22. The van der Waals surface area contributed by atoms with E-state index in [-0.39, 0.29) is 24.4 Å². The smallest absolute Gasteiger partial charge is 0.340 e. The Morgan fingerprint density at radius 3 is 2.32 bits per heavy atom. The van der Waals surface area contributed by atoms with Crippen molar-refractivity contribution >= 4 is 23.5 Å². The van der Waals surface area contributed by atoms with E-state index in [2.05, 4.69) is 10.6 Å². The number of ether oxygens (including phenoxy) is 1. The molecule has 148 valence electrons. The molecule has 0 unspecified atom stereocenters. The molecule has 0 radical (unpaired) electrons. The lowest BCUT2D eigenvalue weighted by molar-refractivity contribution is -0.138. The molecule has 0 aliphatic carbocycles. The van der Waals surface area contributed by atoms with Gasteiger partial charge in [-0.1, -0.05) is 30.3 Å². The van der Waals surface area contributed by atoms with Crippen LogP contribution in [0.3, 0.4) is 0 Å². The van der Waals surface area contributed by atoms with E-state index in [9.17, 15) is 18.8 Å². The summed E-state index contributed by atoms with van der Waals surface area (Å²) in [4.78, 5) is 37.2. The van der Waals surface area contributed by atoms with E-state index in [1.165, 1.54) is 26.0 Å². The molecule has 0 aromatic heterocycles. The number of nitrogens with one attached hydrogen (secondary N) is 2. The Labute approximate surface area is 163 Å². The quantitative estimate of drug-likeness (QED) is 0.565. The molecule has 2 aromatic rings. The number of benzene rings is 2. The van der Waals surface area contributed by atoms with Gasteiger partial charge in [-0.2, -0.15) is 0 Å². The highest BCUT2D eigenvalue weighted by Gasteiger charge is 2.36. The average molecular weight is 386 g/mol. The van der Waals surface area contributed by atoms with Crippen LogP contribution in [0.25, 0.3) is 0 Å². The zero-order chi connectivity index (χ0) is 20.7. The Bertz CT molecular complexity index is 880. The molecule has 2 amide bonds. The van der Waals surface area contributed by atoms with Crippen molar-refractivity contribution in [2.75, 3.05) is 11.9 Å².